The zero-order valence-corrected chi connectivity index (χ0v) is 12.8. The Labute approximate surface area is 131 Å². The smallest absolute Gasteiger partial charge is 0.306 e. The highest BCUT2D eigenvalue weighted by Gasteiger charge is 2.12. The average molecular weight is 338 g/mol. The first kappa shape index (κ1) is 14.7. The number of sulfonamides is 1. The van der Waals surface area contributed by atoms with E-state index in [9.17, 15) is 13.2 Å². The second-order valence-electron chi connectivity index (χ2n) is 4.83. The van der Waals surface area contributed by atoms with Crippen molar-refractivity contribution in [3.63, 3.8) is 0 Å². The largest absolute Gasteiger partial charge is 0.323 e. The molecule has 3 N–H and O–H groups in total. The summed E-state index contributed by atoms with van der Waals surface area (Å²) in [6.45, 7) is 0. The van der Waals surface area contributed by atoms with Gasteiger partial charge in [0.25, 0.3) is 0 Å². The van der Waals surface area contributed by atoms with Crippen LogP contribution in [0.4, 0.5) is 5.69 Å². The fourth-order valence-electron chi connectivity index (χ4n) is 2.11. The van der Waals surface area contributed by atoms with Gasteiger partial charge in [-0.2, -0.15) is 0 Å². The van der Waals surface area contributed by atoms with E-state index in [1.165, 1.54) is 0 Å². The fourth-order valence-corrected chi connectivity index (χ4v) is 3.43. The number of nitrogens with one attached hydrogen (secondary N) is 3. The van der Waals surface area contributed by atoms with Gasteiger partial charge >= 0.3 is 5.69 Å². The van der Waals surface area contributed by atoms with Gasteiger partial charge < -0.3 is 9.97 Å². The van der Waals surface area contributed by atoms with Gasteiger partial charge in [0.1, 0.15) is 0 Å². The summed E-state index contributed by atoms with van der Waals surface area (Å²) < 4.78 is 26.8. The summed E-state index contributed by atoms with van der Waals surface area (Å²) in [6, 6.07) is 11.4. The molecule has 0 radical (unpaired) electrons. The molecule has 0 spiro atoms. The number of imidazole rings is 1. The fraction of sp³-hybridized carbons (Fsp3) is 0.0714. The summed E-state index contributed by atoms with van der Waals surface area (Å²) in [4.78, 5) is 16.4. The molecular weight excluding hydrogens is 326 g/mol. The first-order chi connectivity index (χ1) is 10.4. The van der Waals surface area contributed by atoms with Gasteiger partial charge in [0.2, 0.25) is 10.0 Å². The predicted molar refractivity (Wildman–Crippen MR) is 86.6 cm³/mol. The molecule has 0 bridgehead atoms. The maximum Gasteiger partial charge on any atom is 0.323 e. The molecule has 6 nitrogen and oxygen atoms in total. The molecule has 3 aromatic rings. The topological polar surface area (TPSA) is 94.8 Å². The third kappa shape index (κ3) is 3.32. The Hall–Kier alpha value is -2.25. The van der Waals surface area contributed by atoms with Crippen LogP contribution in [0.1, 0.15) is 5.56 Å². The van der Waals surface area contributed by atoms with Crippen molar-refractivity contribution in [1.29, 1.82) is 0 Å². The molecule has 0 aliphatic heterocycles. The number of aromatic nitrogens is 2. The van der Waals surface area contributed by atoms with Crippen molar-refractivity contribution in [2.75, 3.05) is 4.72 Å². The zero-order chi connectivity index (χ0) is 15.7. The Balaban J connectivity index is 1.82. The van der Waals surface area contributed by atoms with Crippen LogP contribution >= 0.6 is 11.6 Å². The Morgan fingerprint density at radius 2 is 1.68 bits per heavy atom. The maximum atomic E-state index is 12.2. The number of anilines is 1. The molecule has 22 heavy (non-hydrogen) atoms. The van der Waals surface area contributed by atoms with Gasteiger partial charge in [-0.15, -0.1) is 0 Å². The molecule has 1 heterocycles. The lowest BCUT2D eigenvalue weighted by atomic mass is 10.2. The minimum Gasteiger partial charge on any atom is -0.306 e. The maximum absolute atomic E-state index is 12.2. The summed E-state index contributed by atoms with van der Waals surface area (Å²) in [5.74, 6) is -0.161. The molecule has 3 rings (SSSR count). The van der Waals surface area contributed by atoms with Gasteiger partial charge in [-0.1, -0.05) is 23.7 Å². The highest BCUT2D eigenvalue weighted by Crippen LogP contribution is 2.18. The quantitative estimate of drug-likeness (QED) is 0.682. The number of hydrogen-bond acceptors (Lipinski definition) is 3. The number of hydrogen-bond donors (Lipinski definition) is 3. The highest BCUT2D eigenvalue weighted by atomic mass is 35.5. The first-order valence-electron chi connectivity index (χ1n) is 6.38. The van der Waals surface area contributed by atoms with Gasteiger partial charge in [0.15, 0.2) is 0 Å². The van der Waals surface area contributed by atoms with Crippen molar-refractivity contribution < 1.29 is 8.42 Å². The summed E-state index contributed by atoms with van der Waals surface area (Å²) in [5.41, 5.74) is 1.84. The number of halogens is 1. The van der Waals surface area contributed by atoms with E-state index in [1.807, 2.05) is 0 Å². The number of H-pyrrole nitrogens is 2. The van der Waals surface area contributed by atoms with Gasteiger partial charge in [-0.3, -0.25) is 4.72 Å². The highest BCUT2D eigenvalue weighted by molar-refractivity contribution is 7.91. The van der Waals surface area contributed by atoms with Crippen LogP contribution in [0.3, 0.4) is 0 Å². The Bertz CT molecular complexity index is 974. The van der Waals surface area contributed by atoms with Crippen LogP contribution in [0, 0.1) is 0 Å². The van der Waals surface area contributed by atoms with Crippen molar-refractivity contribution in [2.45, 2.75) is 5.75 Å². The van der Waals surface area contributed by atoms with Gasteiger partial charge in [-0.25, -0.2) is 13.2 Å². The number of aromatic amines is 2. The molecule has 2 aromatic carbocycles. The van der Waals surface area contributed by atoms with E-state index in [1.54, 1.807) is 42.5 Å². The molecule has 114 valence electrons. The summed E-state index contributed by atoms with van der Waals surface area (Å²) in [7, 11) is -3.56. The van der Waals surface area contributed by atoms with E-state index < -0.39 is 10.0 Å². The van der Waals surface area contributed by atoms with Crippen molar-refractivity contribution in [1.82, 2.24) is 9.97 Å². The Kier molecular flexibility index (Phi) is 3.67. The van der Waals surface area contributed by atoms with E-state index >= 15 is 0 Å². The molecule has 0 amide bonds. The van der Waals surface area contributed by atoms with Crippen LogP contribution in [-0.2, 0) is 15.8 Å². The predicted octanol–water partition coefficient (Wildman–Crippen LogP) is 2.45. The Morgan fingerprint density at radius 3 is 2.41 bits per heavy atom. The number of rotatable bonds is 4. The van der Waals surface area contributed by atoms with Crippen LogP contribution in [0.5, 0.6) is 0 Å². The van der Waals surface area contributed by atoms with Crippen LogP contribution in [0.15, 0.2) is 47.3 Å². The van der Waals surface area contributed by atoms with E-state index in [0.29, 0.717) is 27.3 Å². The number of fused-ring (bicyclic) bond motifs is 1. The Morgan fingerprint density at radius 1 is 1.00 bits per heavy atom. The van der Waals surface area contributed by atoms with E-state index in [0.717, 1.165) is 0 Å². The van der Waals surface area contributed by atoms with Gasteiger partial charge in [-0.05, 0) is 35.9 Å². The van der Waals surface area contributed by atoms with Crippen molar-refractivity contribution >= 4 is 38.3 Å². The van der Waals surface area contributed by atoms with E-state index in [-0.39, 0.29) is 11.4 Å². The minimum absolute atomic E-state index is 0.161. The molecule has 0 atom stereocenters. The van der Waals surface area contributed by atoms with Crippen molar-refractivity contribution in [2.24, 2.45) is 0 Å². The van der Waals surface area contributed by atoms with Crippen LogP contribution in [0.2, 0.25) is 5.02 Å². The molecule has 0 aliphatic carbocycles. The van der Waals surface area contributed by atoms with Gasteiger partial charge in [0, 0.05) is 5.02 Å². The second-order valence-corrected chi connectivity index (χ2v) is 6.99. The molecular formula is C14H12ClN3O3S. The first-order valence-corrected chi connectivity index (χ1v) is 8.41. The molecule has 0 aliphatic rings. The molecule has 0 unspecified atom stereocenters. The third-order valence-electron chi connectivity index (χ3n) is 3.06. The van der Waals surface area contributed by atoms with Crippen LogP contribution in [-0.4, -0.2) is 18.4 Å². The summed E-state index contributed by atoms with van der Waals surface area (Å²) in [5, 5.41) is 0.552. The van der Waals surface area contributed by atoms with Crippen molar-refractivity contribution in [3.8, 4) is 0 Å². The van der Waals surface area contributed by atoms with Crippen molar-refractivity contribution in [3.05, 3.63) is 63.5 Å². The molecule has 0 fully saturated rings. The lowest BCUT2D eigenvalue weighted by Crippen LogP contribution is -2.15. The second kappa shape index (κ2) is 5.51. The van der Waals surface area contributed by atoms with E-state index in [4.69, 9.17) is 11.6 Å². The lowest BCUT2D eigenvalue weighted by molar-refractivity contribution is 0.600. The van der Waals surface area contributed by atoms with Gasteiger partial charge in [0.05, 0.1) is 22.5 Å². The normalized spacial score (nSPS) is 11.7. The monoisotopic (exact) mass is 337 g/mol. The van der Waals surface area contributed by atoms with Crippen LogP contribution in [0.25, 0.3) is 11.0 Å². The minimum atomic E-state index is -3.56. The third-order valence-corrected chi connectivity index (χ3v) is 4.57. The average Bonchev–Trinajstić information content (AvgIpc) is 2.80. The SMILES string of the molecule is O=c1[nH]c2ccc(NS(=O)(=O)Cc3ccc(Cl)cc3)cc2[nH]1. The molecule has 8 heteroatoms. The van der Waals surface area contributed by atoms with Crippen LogP contribution < -0.4 is 10.4 Å². The molecule has 0 saturated heterocycles. The molecule has 1 aromatic heterocycles. The number of benzene rings is 2. The lowest BCUT2D eigenvalue weighted by Gasteiger charge is -2.08. The summed E-state index contributed by atoms with van der Waals surface area (Å²) in [6.07, 6.45) is 0. The standard InChI is InChI=1S/C14H12ClN3O3S/c15-10-3-1-9(2-4-10)8-22(20,21)18-11-5-6-12-13(7-11)17-14(19)16-12/h1-7,18H,8H2,(H2,16,17,19). The molecule has 0 saturated carbocycles. The summed E-state index contributed by atoms with van der Waals surface area (Å²) >= 11 is 5.77. The van der Waals surface area contributed by atoms with E-state index in [2.05, 4.69) is 14.7 Å². The zero-order valence-electron chi connectivity index (χ0n) is 11.3.